The molecule has 0 aliphatic rings. The number of hydrogen-bond donors (Lipinski definition) is 2. The van der Waals surface area contributed by atoms with Gasteiger partial charge in [-0.2, -0.15) is 0 Å². The fraction of sp³-hybridized carbons (Fsp3) is 0.231. The summed E-state index contributed by atoms with van der Waals surface area (Å²) in [4.78, 5) is 9.00. The lowest BCUT2D eigenvalue weighted by atomic mass is 9.85. The number of benzene rings is 2. The maximum absolute atomic E-state index is 11.1. The number of aromatic hydroxyl groups is 1. The van der Waals surface area contributed by atoms with Crippen LogP contribution in [0.1, 0.15) is 49.2 Å². The van der Waals surface area contributed by atoms with Gasteiger partial charge >= 0.3 is 0 Å². The highest BCUT2D eigenvalue weighted by molar-refractivity contribution is 5.86. The van der Waals surface area contributed by atoms with Gasteiger partial charge in [-0.05, 0) is 41.7 Å². The van der Waals surface area contributed by atoms with E-state index in [0.717, 1.165) is 28.0 Å². The quantitative estimate of drug-likeness (QED) is 0.434. The minimum Gasteiger partial charge on any atom is -0.505 e. The fourth-order valence-corrected chi connectivity index (χ4v) is 3.63. The Hall–Kier alpha value is -3.40. The molecule has 0 radical (unpaired) electrons. The van der Waals surface area contributed by atoms with Gasteiger partial charge in [0, 0.05) is 22.8 Å². The van der Waals surface area contributed by atoms with Crippen molar-refractivity contribution in [1.29, 1.82) is 0 Å². The Bertz CT molecular complexity index is 1160. The molecule has 30 heavy (non-hydrogen) atoms. The van der Waals surface area contributed by atoms with E-state index in [1.54, 1.807) is 6.20 Å². The van der Waals surface area contributed by atoms with E-state index in [9.17, 15) is 5.11 Å². The van der Waals surface area contributed by atoms with Gasteiger partial charge in [-0.1, -0.05) is 69.3 Å². The summed E-state index contributed by atoms with van der Waals surface area (Å²) in [5.41, 5.74) is 4.66. The lowest BCUT2D eigenvalue weighted by Crippen LogP contribution is -2.15. The van der Waals surface area contributed by atoms with Crippen molar-refractivity contribution in [2.45, 2.75) is 39.2 Å². The number of nitrogens with zero attached hydrogens (tertiary/aromatic N) is 2. The molecule has 0 bridgehead atoms. The van der Waals surface area contributed by atoms with E-state index < -0.39 is 0 Å². The van der Waals surface area contributed by atoms with Crippen LogP contribution in [0.5, 0.6) is 5.75 Å². The van der Waals surface area contributed by atoms with Gasteiger partial charge < -0.3 is 10.4 Å². The highest BCUT2D eigenvalue weighted by Crippen LogP contribution is 2.37. The smallest absolute Gasteiger partial charge is 0.147 e. The summed E-state index contributed by atoms with van der Waals surface area (Å²) in [5.74, 6) is 0.948. The first-order valence-corrected chi connectivity index (χ1v) is 10.2. The number of phenols is 1. The third kappa shape index (κ3) is 3.99. The van der Waals surface area contributed by atoms with Crippen LogP contribution in [0, 0.1) is 6.92 Å². The molecule has 0 amide bonds. The lowest BCUT2D eigenvalue weighted by Gasteiger charge is -2.24. The van der Waals surface area contributed by atoms with Crippen LogP contribution >= 0.6 is 0 Å². The van der Waals surface area contributed by atoms with Crippen LogP contribution in [0.25, 0.3) is 10.9 Å². The number of phenolic OH excluding ortho intramolecular Hbond substituents is 1. The molecule has 4 aromatic rings. The molecule has 0 saturated heterocycles. The van der Waals surface area contributed by atoms with Gasteiger partial charge in [0.05, 0.1) is 6.04 Å². The molecule has 4 nitrogen and oxygen atoms in total. The summed E-state index contributed by atoms with van der Waals surface area (Å²) in [6.45, 7) is 8.54. The van der Waals surface area contributed by atoms with Crippen LogP contribution in [-0.4, -0.2) is 15.1 Å². The van der Waals surface area contributed by atoms with Gasteiger partial charge in [-0.25, -0.2) is 9.97 Å². The van der Waals surface area contributed by atoms with Gasteiger partial charge in [0.15, 0.2) is 0 Å². The van der Waals surface area contributed by atoms with Crippen LogP contribution in [0.15, 0.2) is 72.9 Å². The van der Waals surface area contributed by atoms with Crippen LogP contribution in [0.4, 0.5) is 5.82 Å². The van der Waals surface area contributed by atoms with E-state index in [1.165, 1.54) is 5.56 Å². The van der Waals surface area contributed by atoms with Gasteiger partial charge in [0.2, 0.25) is 0 Å². The third-order valence-electron chi connectivity index (χ3n) is 5.38. The third-order valence-corrected chi connectivity index (χ3v) is 5.38. The van der Waals surface area contributed by atoms with E-state index in [-0.39, 0.29) is 17.2 Å². The summed E-state index contributed by atoms with van der Waals surface area (Å²) in [6, 6.07) is 22.0. The Morgan fingerprint density at radius 3 is 2.30 bits per heavy atom. The number of pyridine rings is 2. The van der Waals surface area contributed by atoms with Gasteiger partial charge in [-0.3, -0.25) is 0 Å². The summed E-state index contributed by atoms with van der Waals surface area (Å²) in [7, 11) is 0. The fourth-order valence-electron chi connectivity index (χ4n) is 3.63. The zero-order valence-corrected chi connectivity index (χ0v) is 17.8. The first-order valence-electron chi connectivity index (χ1n) is 10.2. The van der Waals surface area contributed by atoms with Gasteiger partial charge in [0.1, 0.15) is 17.1 Å². The predicted molar refractivity (Wildman–Crippen MR) is 123 cm³/mol. The maximum Gasteiger partial charge on any atom is 0.147 e. The minimum atomic E-state index is -0.263. The molecule has 2 heterocycles. The number of aryl methyl sites for hydroxylation is 1. The number of anilines is 1. The summed E-state index contributed by atoms with van der Waals surface area (Å²) in [5, 5.41) is 15.6. The summed E-state index contributed by atoms with van der Waals surface area (Å²) < 4.78 is 0. The molecule has 4 rings (SSSR count). The monoisotopic (exact) mass is 397 g/mol. The SMILES string of the molecule is Cc1ccc2ccc([C@@H](Nc3ccccn3)c3ccc(C(C)(C)C)cc3)c(O)c2n1. The molecule has 0 aliphatic carbocycles. The van der Waals surface area contributed by atoms with Crippen molar-refractivity contribution in [3.63, 3.8) is 0 Å². The molecule has 4 heteroatoms. The average molecular weight is 398 g/mol. The molecule has 0 spiro atoms. The Morgan fingerprint density at radius 2 is 1.63 bits per heavy atom. The van der Waals surface area contributed by atoms with Crippen molar-refractivity contribution in [2.24, 2.45) is 0 Å². The van der Waals surface area contributed by atoms with Crippen molar-refractivity contribution < 1.29 is 5.11 Å². The van der Waals surface area contributed by atoms with Crippen molar-refractivity contribution in [1.82, 2.24) is 9.97 Å². The van der Waals surface area contributed by atoms with Crippen LogP contribution in [0.2, 0.25) is 0 Å². The zero-order chi connectivity index (χ0) is 21.3. The average Bonchev–Trinajstić information content (AvgIpc) is 2.73. The number of rotatable bonds is 4. The largest absolute Gasteiger partial charge is 0.505 e. The van der Waals surface area contributed by atoms with Crippen molar-refractivity contribution in [2.75, 3.05) is 5.32 Å². The Kier molecular flexibility index (Phi) is 5.17. The first-order chi connectivity index (χ1) is 14.3. The van der Waals surface area contributed by atoms with Crippen molar-refractivity contribution in [3.8, 4) is 5.75 Å². The highest BCUT2D eigenvalue weighted by Gasteiger charge is 2.21. The maximum atomic E-state index is 11.1. The van der Waals surface area contributed by atoms with E-state index in [4.69, 9.17) is 0 Å². The molecule has 2 aromatic heterocycles. The van der Waals surface area contributed by atoms with Crippen molar-refractivity contribution >= 4 is 16.7 Å². The van der Waals surface area contributed by atoms with Gasteiger partial charge in [0.25, 0.3) is 0 Å². The topological polar surface area (TPSA) is 58.0 Å². The molecule has 152 valence electrons. The molecule has 1 atom stereocenters. The van der Waals surface area contributed by atoms with Crippen LogP contribution in [0.3, 0.4) is 0 Å². The molecular weight excluding hydrogens is 370 g/mol. The lowest BCUT2D eigenvalue weighted by molar-refractivity contribution is 0.471. The van der Waals surface area contributed by atoms with E-state index in [1.807, 2.05) is 49.4 Å². The Balaban J connectivity index is 1.83. The number of aromatic nitrogens is 2. The normalized spacial score (nSPS) is 12.7. The van der Waals surface area contributed by atoms with Gasteiger partial charge in [-0.15, -0.1) is 0 Å². The molecule has 2 aromatic carbocycles. The molecule has 0 aliphatic heterocycles. The van der Waals surface area contributed by atoms with E-state index in [0.29, 0.717) is 5.52 Å². The van der Waals surface area contributed by atoms with E-state index in [2.05, 4.69) is 60.3 Å². The van der Waals surface area contributed by atoms with Crippen LogP contribution in [-0.2, 0) is 5.41 Å². The zero-order valence-electron chi connectivity index (χ0n) is 17.8. The summed E-state index contributed by atoms with van der Waals surface area (Å²) >= 11 is 0. The second-order valence-corrected chi connectivity index (χ2v) is 8.69. The minimum absolute atomic E-state index is 0.0783. The number of nitrogens with one attached hydrogen (secondary N) is 1. The first kappa shape index (κ1) is 19.9. The van der Waals surface area contributed by atoms with Crippen molar-refractivity contribution in [3.05, 3.63) is 95.3 Å². The van der Waals surface area contributed by atoms with E-state index >= 15 is 0 Å². The number of hydrogen-bond acceptors (Lipinski definition) is 4. The number of fused-ring (bicyclic) bond motifs is 1. The molecule has 0 unspecified atom stereocenters. The standard InChI is InChI=1S/C26H27N3O/c1-17-8-9-19-12-15-21(25(30)24(19)28-17)23(29-22-7-5-6-16-27-22)18-10-13-20(14-11-18)26(2,3)4/h5-16,23,30H,1-4H3,(H,27,29)/t23-/m0/s1. The Labute approximate surface area is 177 Å². The molecule has 0 fully saturated rings. The molecular formula is C26H27N3O. The highest BCUT2D eigenvalue weighted by atomic mass is 16.3. The predicted octanol–water partition coefficient (Wildman–Crippen LogP) is 6.14. The van der Waals surface area contributed by atoms with Crippen LogP contribution < -0.4 is 5.32 Å². The second-order valence-electron chi connectivity index (χ2n) is 8.69. The summed E-state index contributed by atoms with van der Waals surface area (Å²) in [6.07, 6.45) is 1.76. The molecule has 0 saturated carbocycles. The Morgan fingerprint density at radius 1 is 0.900 bits per heavy atom. The molecule has 2 N–H and O–H groups in total. The second kappa shape index (κ2) is 7.79.